The predicted molar refractivity (Wildman–Crippen MR) is 60.7 cm³/mol. The van der Waals surface area contributed by atoms with Gasteiger partial charge in [0.05, 0.1) is 16.6 Å². The average Bonchev–Trinajstić information content (AvgIpc) is 2.28. The van der Waals surface area contributed by atoms with E-state index in [2.05, 4.69) is 20.9 Å². The van der Waals surface area contributed by atoms with Crippen LogP contribution in [0.25, 0.3) is 0 Å². The van der Waals surface area contributed by atoms with Gasteiger partial charge in [0, 0.05) is 12.7 Å². The number of pyridine rings is 1. The molecule has 0 unspecified atom stereocenters. The number of alkyl halides is 2. The molecular weight excluding hydrogens is 298 g/mol. The maximum absolute atomic E-state index is 12.6. The van der Waals surface area contributed by atoms with Gasteiger partial charge in [-0.1, -0.05) is 0 Å². The summed E-state index contributed by atoms with van der Waals surface area (Å²) in [5, 5.41) is 0. The van der Waals surface area contributed by atoms with E-state index >= 15 is 0 Å². The van der Waals surface area contributed by atoms with Crippen molar-refractivity contribution in [3.63, 3.8) is 0 Å². The summed E-state index contributed by atoms with van der Waals surface area (Å²) < 4.78 is 30.0. The van der Waals surface area contributed by atoms with E-state index in [0.29, 0.717) is 0 Å². The van der Waals surface area contributed by atoms with Crippen LogP contribution in [-0.2, 0) is 11.3 Å². The van der Waals surface area contributed by atoms with Gasteiger partial charge in [0.25, 0.3) is 6.43 Å². The second kappa shape index (κ2) is 6.02. The van der Waals surface area contributed by atoms with Crippen molar-refractivity contribution >= 4 is 21.9 Å². The minimum atomic E-state index is -2.73. The van der Waals surface area contributed by atoms with E-state index in [0.717, 1.165) is 6.20 Å². The Bertz CT molecular complexity index is 427. The molecule has 0 spiro atoms. The predicted octanol–water partition coefficient (Wildman–Crippen LogP) is 2.42. The third-order valence-corrected chi connectivity index (χ3v) is 2.94. The highest BCUT2D eigenvalue weighted by Crippen LogP contribution is 2.30. The highest BCUT2D eigenvalue weighted by molar-refractivity contribution is 9.10. The Balaban J connectivity index is 3.25. The molecule has 17 heavy (non-hydrogen) atoms. The largest absolute Gasteiger partial charge is 0.462 e. The Labute approximate surface area is 105 Å². The smallest absolute Gasteiger partial charge is 0.340 e. The summed E-state index contributed by atoms with van der Waals surface area (Å²) in [6, 6.07) is 0. The molecule has 7 heteroatoms. The van der Waals surface area contributed by atoms with Crippen LogP contribution in [0.3, 0.4) is 0 Å². The number of carbonyl (C=O) groups excluding carboxylic acids is 1. The lowest BCUT2D eigenvalue weighted by Gasteiger charge is -2.11. The molecule has 94 valence electrons. The van der Waals surface area contributed by atoms with Crippen LogP contribution in [0.5, 0.6) is 0 Å². The Morgan fingerprint density at radius 3 is 2.76 bits per heavy atom. The van der Waals surface area contributed by atoms with E-state index < -0.39 is 18.1 Å². The highest BCUT2D eigenvalue weighted by Gasteiger charge is 2.22. The van der Waals surface area contributed by atoms with Crippen molar-refractivity contribution in [1.29, 1.82) is 0 Å². The highest BCUT2D eigenvalue weighted by atomic mass is 79.9. The number of hydrogen-bond donors (Lipinski definition) is 1. The summed E-state index contributed by atoms with van der Waals surface area (Å²) in [5.41, 5.74) is 5.39. The van der Waals surface area contributed by atoms with Crippen LogP contribution in [0, 0.1) is 0 Å². The number of ether oxygens (including phenoxy) is 1. The van der Waals surface area contributed by atoms with E-state index in [-0.39, 0.29) is 28.8 Å². The van der Waals surface area contributed by atoms with E-state index in [1.54, 1.807) is 6.92 Å². The zero-order valence-electron chi connectivity index (χ0n) is 9.04. The molecule has 0 radical (unpaired) electrons. The molecule has 0 bridgehead atoms. The quantitative estimate of drug-likeness (QED) is 0.868. The average molecular weight is 309 g/mol. The summed E-state index contributed by atoms with van der Waals surface area (Å²) in [4.78, 5) is 15.1. The molecular formula is C10H11BrF2N2O2. The van der Waals surface area contributed by atoms with Gasteiger partial charge in [-0.25, -0.2) is 13.6 Å². The topological polar surface area (TPSA) is 65.2 Å². The Morgan fingerprint density at radius 2 is 2.29 bits per heavy atom. The molecule has 1 aromatic heterocycles. The first-order valence-electron chi connectivity index (χ1n) is 4.85. The molecule has 2 N–H and O–H groups in total. The number of halogens is 3. The second-order valence-corrected chi connectivity index (χ2v) is 3.87. The number of rotatable bonds is 4. The number of nitrogens with zero attached hydrogens (tertiary/aromatic N) is 1. The Morgan fingerprint density at radius 1 is 1.65 bits per heavy atom. The summed E-state index contributed by atoms with van der Waals surface area (Å²) >= 11 is 2.98. The normalized spacial score (nSPS) is 10.7. The van der Waals surface area contributed by atoms with Crippen LogP contribution in [-0.4, -0.2) is 17.6 Å². The van der Waals surface area contributed by atoms with Gasteiger partial charge in [-0.2, -0.15) is 0 Å². The molecule has 4 nitrogen and oxygen atoms in total. The van der Waals surface area contributed by atoms with Crippen molar-refractivity contribution < 1.29 is 18.3 Å². The molecule has 1 heterocycles. The van der Waals surface area contributed by atoms with Gasteiger partial charge in [-0.15, -0.1) is 0 Å². The van der Waals surface area contributed by atoms with E-state index in [1.807, 2.05) is 0 Å². The fourth-order valence-electron chi connectivity index (χ4n) is 1.28. The second-order valence-electron chi connectivity index (χ2n) is 3.07. The molecule has 0 aliphatic rings. The van der Waals surface area contributed by atoms with Gasteiger partial charge >= 0.3 is 5.97 Å². The van der Waals surface area contributed by atoms with Crippen molar-refractivity contribution in [2.45, 2.75) is 19.9 Å². The Kier molecular flexibility index (Phi) is 4.95. The zero-order chi connectivity index (χ0) is 13.0. The van der Waals surface area contributed by atoms with Gasteiger partial charge in [0.15, 0.2) is 0 Å². The number of aromatic nitrogens is 1. The molecule has 0 aliphatic heterocycles. The van der Waals surface area contributed by atoms with E-state index in [4.69, 9.17) is 10.5 Å². The maximum atomic E-state index is 12.6. The molecule has 0 aromatic carbocycles. The lowest BCUT2D eigenvalue weighted by molar-refractivity contribution is 0.0523. The molecule has 0 saturated heterocycles. The summed E-state index contributed by atoms with van der Waals surface area (Å²) in [6.45, 7) is 1.78. The standard InChI is InChI=1S/C10H11BrF2N2O2/c1-2-17-10(16)6-4-15-8(9(12)13)7(11)5(6)3-14/h4,9H,2-3,14H2,1H3. The van der Waals surface area contributed by atoms with Crippen molar-refractivity contribution in [3.05, 3.63) is 27.5 Å². The van der Waals surface area contributed by atoms with Crippen molar-refractivity contribution in [1.82, 2.24) is 4.98 Å². The fraction of sp³-hybridized carbons (Fsp3) is 0.400. The van der Waals surface area contributed by atoms with Crippen molar-refractivity contribution in [2.24, 2.45) is 5.73 Å². The number of esters is 1. The molecule has 0 aliphatic carbocycles. The number of nitrogens with two attached hydrogens (primary N) is 1. The first kappa shape index (κ1) is 14.0. The van der Waals surface area contributed by atoms with Gasteiger partial charge in [-0.05, 0) is 28.4 Å². The maximum Gasteiger partial charge on any atom is 0.340 e. The lowest BCUT2D eigenvalue weighted by atomic mass is 10.1. The van der Waals surface area contributed by atoms with E-state index in [9.17, 15) is 13.6 Å². The monoisotopic (exact) mass is 308 g/mol. The van der Waals surface area contributed by atoms with Crippen LogP contribution in [0.1, 0.15) is 35.0 Å². The molecule has 1 aromatic rings. The SMILES string of the molecule is CCOC(=O)c1cnc(C(F)F)c(Br)c1CN. The van der Waals surface area contributed by atoms with Crippen molar-refractivity contribution in [2.75, 3.05) is 6.61 Å². The van der Waals surface area contributed by atoms with Crippen LogP contribution < -0.4 is 5.73 Å². The van der Waals surface area contributed by atoms with Crippen LogP contribution in [0.4, 0.5) is 8.78 Å². The van der Waals surface area contributed by atoms with Crippen LogP contribution >= 0.6 is 15.9 Å². The van der Waals surface area contributed by atoms with Crippen LogP contribution in [0.2, 0.25) is 0 Å². The first-order chi connectivity index (χ1) is 8.02. The molecule has 0 saturated carbocycles. The van der Waals surface area contributed by atoms with Crippen LogP contribution in [0.15, 0.2) is 10.7 Å². The van der Waals surface area contributed by atoms with Gasteiger partial charge in [0.2, 0.25) is 0 Å². The summed E-state index contributed by atoms with van der Waals surface area (Å²) in [6.07, 6.45) is -1.67. The summed E-state index contributed by atoms with van der Waals surface area (Å²) in [7, 11) is 0. The molecule has 0 atom stereocenters. The third kappa shape index (κ3) is 2.98. The molecule has 0 amide bonds. The minimum absolute atomic E-state index is 0.0561. The number of carbonyl (C=O) groups is 1. The summed E-state index contributed by atoms with van der Waals surface area (Å²) in [5.74, 6) is -0.623. The first-order valence-corrected chi connectivity index (χ1v) is 5.64. The van der Waals surface area contributed by atoms with Crippen molar-refractivity contribution in [3.8, 4) is 0 Å². The Hall–Kier alpha value is -1.08. The lowest BCUT2D eigenvalue weighted by Crippen LogP contribution is -2.13. The molecule has 0 fully saturated rings. The molecule has 1 rings (SSSR count). The third-order valence-electron chi connectivity index (χ3n) is 2.05. The zero-order valence-corrected chi connectivity index (χ0v) is 10.6. The minimum Gasteiger partial charge on any atom is -0.462 e. The van der Waals surface area contributed by atoms with Gasteiger partial charge < -0.3 is 10.5 Å². The van der Waals surface area contributed by atoms with E-state index in [1.165, 1.54) is 0 Å². The number of hydrogen-bond acceptors (Lipinski definition) is 4. The van der Waals surface area contributed by atoms with Gasteiger partial charge in [-0.3, -0.25) is 4.98 Å². The fourth-order valence-corrected chi connectivity index (χ4v) is 1.93. The van der Waals surface area contributed by atoms with Gasteiger partial charge in [0.1, 0.15) is 5.69 Å².